The first-order valence-electron chi connectivity index (χ1n) is 5.13. The number of thiocarbonyl (C=S) groups is 1. The molecular formula is C11H17N3OS. The molecule has 0 aliphatic carbocycles. The molecule has 1 aromatic rings. The fourth-order valence-electron chi connectivity index (χ4n) is 1.25. The van der Waals surface area contributed by atoms with Gasteiger partial charge in [-0.2, -0.15) is 0 Å². The van der Waals surface area contributed by atoms with Crippen LogP contribution >= 0.6 is 12.2 Å². The van der Waals surface area contributed by atoms with Crippen molar-refractivity contribution >= 4 is 17.2 Å². The average Bonchev–Trinajstić information content (AvgIpc) is 2.24. The molecule has 0 aromatic carbocycles. The van der Waals surface area contributed by atoms with Gasteiger partial charge in [-0.3, -0.25) is 0 Å². The van der Waals surface area contributed by atoms with Gasteiger partial charge in [-0.15, -0.1) is 0 Å². The van der Waals surface area contributed by atoms with Gasteiger partial charge in [-0.1, -0.05) is 12.2 Å². The Morgan fingerprint density at radius 2 is 2.31 bits per heavy atom. The van der Waals surface area contributed by atoms with Crippen molar-refractivity contribution in [1.82, 2.24) is 9.88 Å². The molecule has 5 heteroatoms. The Morgan fingerprint density at radius 3 is 2.94 bits per heavy atom. The summed E-state index contributed by atoms with van der Waals surface area (Å²) in [5, 5.41) is 0. The van der Waals surface area contributed by atoms with Crippen molar-refractivity contribution in [2.45, 2.75) is 6.42 Å². The first kappa shape index (κ1) is 12.9. The number of nitrogens with zero attached hydrogens (tertiary/aromatic N) is 2. The number of hydrogen-bond acceptors (Lipinski definition) is 4. The Bertz CT molecular complexity index is 355. The summed E-state index contributed by atoms with van der Waals surface area (Å²) >= 11 is 4.90. The third-order valence-electron chi connectivity index (χ3n) is 2.01. The first-order valence-corrected chi connectivity index (χ1v) is 5.54. The average molecular weight is 239 g/mol. The number of nitrogens with two attached hydrogens (primary N) is 1. The van der Waals surface area contributed by atoms with Gasteiger partial charge in [-0.25, -0.2) is 4.98 Å². The molecule has 1 heterocycles. The van der Waals surface area contributed by atoms with Crippen molar-refractivity contribution < 1.29 is 4.74 Å². The molecular weight excluding hydrogens is 222 g/mol. The van der Waals surface area contributed by atoms with Gasteiger partial charge in [0.05, 0.1) is 6.61 Å². The molecule has 0 unspecified atom stereocenters. The minimum absolute atomic E-state index is 0.267. The van der Waals surface area contributed by atoms with Gasteiger partial charge in [0.15, 0.2) is 0 Å². The molecule has 0 atom stereocenters. The zero-order chi connectivity index (χ0) is 12.0. The van der Waals surface area contributed by atoms with E-state index >= 15 is 0 Å². The van der Waals surface area contributed by atoms with Gasteiger partial charge in [0.1, 0.15) is 16.4 Å². The van der Waals surface area contributed by atoms with Gasteiger partial charge in [0.25, 0.3) is 0 Å². The predicted molar refractivity (Wildman–Crippen MR) is 68.8 cm³/mol. The van der Waals surface area contributed by atoms with Crippen molar-refractivity contribution in [2.24, 2.45) is 5.73 Å². The molecule has 0 saturated heterocycles. The molecule has 0 spiro atoms. The van der Waals surface area contributed by atoms with Crippen LogP contribution in [-0.2, 0) is 0 Å². The van der Waals surface area contributed by atoms with Gasteiger partial charge < -0.3 is 15.4 Å². The largest absolute Gasteiger partial charge is 0.491 e. The van der Waals surface area contributed by atoms with E-state index in [9.17, 15) is 0 Å². The van der Waals surface area contributed by atoms with E-state index in [0.717, 1.165) is 13.0 Å². The van der Waals surface area contributed by atoms with Crippen molar-refractivity contribution in [2.75, 3.05) is 27.2 Å². The van der Waals surface area contributed by atoms with Crippen molar-refractivity contribution in [3.8, 4) is 5.75 Å². The van der Waals surface area contributed by atoms with E-state index < -0.39 is 0 Å². The Morgan fingerprint density at radius 1 is 1.56 bits per heavy atom. The lowest BCUT2D eigenvalue weighted by molar-refractivity contribution is 0.280. The van der Waals surface area contributed by atoms with Crippen LogP contribution in [0.15, 0.2) is 18.3 Å². The van der Waals surface area contributed by atoms with Crippen molar-refractivity contribution in [3.63, 3.8) is 0 Å². The minimum atomic E-state index is 0.267. The van der Waals surface area contributed by atoms with Crippen LogP contribution in [0.2, 0.25) is 0 Å². The second-order valence-electron chi connectivity index (χ2n) is 3.72. The molecule has 0 fully saturated rings. The zero-order valence-electron chi connectivity index (χ0n) is 9.64. The Balaban J connectivity index is 2.50. The lowest BCUT2D eigenvalue weighted by atomic mass is 10.3. The smallest absolute Gasteiger partial charge is 0.147 e. The topological polar surface area (TPSA) is 51.4 Å². The lowest BCUT2D eigenvalue weighted by Crippen LogP contribution is -2.17. The molecule has 2 N–H and O–H groups in total. The molecule has 0 amide bonds. The lowest BCUT2D eigenvalue weighted by Gasteiger charge is -2.11. The van der Waals surface area contributed by atoms with E-state index in [-0.39, 0.29) is 4.99 Å². The van der Waals surface area contributed by atoms with Crippen LogP contribution in [-0.4, -0.2) is 42.1 Å². The fourth-order valence-corrected chi connectivity index (χ4v) is 1.41. The van der Waals surface area contributed by atoms with Crippen LogP contribution in [0.1, 0.15) is 12.1 Å². The molecule has 16 heavy (non-hydrogen) atoms. The van der Waals surface area contributed by atoms with E-state index in [1.807, 2.05) is 26.2 Å². The third kappa shape index (κ3) is 4.12. The summed E-state index contributed by atoms with van der Waals surface area (Å²) in [6, 6.07) is 3.64. The number of pyridine rings is 1. The molecule has 0 bridgehead atoms. The molecule has 88 valence electrons. The summed E-state index contributed by atoms with van der Waals surface area (Å²) in [5.41, 5.74) is 6.11. The standard InChI is InChI=1S/C11H17N3OS/c1-14(2)7-4-8-15-9-5-3-6-13-10(9)11(12)16/h3,5-6H,4,7-8H2,1-2H3,(H2,12,16). The van der Waals surface area contributed by atoms with E-state index in [1.165, 1.54) is 0 Å². The van der Waals surface area contributed by atoms with Crippen LogP contribution in [0.25, 0.3) is 0 Å². The highest BCUT2D eigenvalue weighted by molar-refractivity contribution is 7.80. The molecule has 1 rings (SSSR count). The summed E-state index contributed by atoms with van der Waals surface area (Å²) in [6.07, 6.45) is 2.61. The normalized spacial score (nSPS) is 10.4. The summed E-state index contributed by atoms with van der Waals surface area (Å²) in [5.74, 6) is 0.661. The van der Waals surface area contributed by atoms with Crippen LogP contribution in [0.5, 0.6) is 5.75 Å². The molecule has 0 saturated carbocycles. The van der Waals surface area contributed by atoms with Gasteiger partial charge in [0.2, 0.25) is 0 Å². The van der Waals surface area contributed by atoms with E-state index in [4.69, 9.17) is 22.7 Å². The van der Waals surface area contributed by atoms with Crippen LogP contribution in [0, 0.1) is 0 Å². The summed E-state index contributed by atoms with van der Waals surface area (Å²) in [4.78, 5) is 6.47. The number of aromatic nitrogens is 1. The maximum absolute atomic E-state index is 5.59. The Labute approximate surface area is 101 Å². The van der Waals surface area contributed by atoms with Crippen molar-refractivity contribution in [3.05, 3.63) is 24.0 Å². The molecule has 0 aliphatic rings. The Kier molecular flexibility index (Phi) is 5.14. The monoisotopic (exact) mass is 239 g/mol. The second-order valence-corrected chi connectivity index (χ2v) is 4.16. The zero-order valence-corrected chi connectivity index (χ0v) is 10.5. The highest BCUT2D eigenvalue weighted by Gasteiger charge is 2.06. The van der Waals surface area contributed by atoms with Crippen LogP contribution < -0.4 is 10.5 Å². The van der Waals surface area contributed by atoms with E-state index in [0.29, 0.717) is 18.1 Å². The molecule has 1 aromatic heterocycles. The third-order valence-corrected chi connectivity index (χ3v) is 2.20. The summed E-state index contributed by atoms with van der Waals surface area (Å²) < 4.78 is 5.59. The van der Waals surface area contributed by atoms with Gasteiger partial charge >= 0.3 is 0 Å². The fraction of sp³-hybridized carbons (Fsp3) is 0.455. The number of ether oxygens (including phenoxy) is 1. The van der Waals surface area contributed by atoms with E-state index in [1.54, 1.807) is 6.20 Å². The van der Waals surface area contributed by atoms with Crippen LogP contribution in [0.4, 0.5) is 0 Å². The second kappa shape index (κ2) is 6.40. The summed E-state index contributed by atoms with van der Waals surface area (Å²) in [6.45, 7) is 1.63. The molecule has 0 radical (unpaired) electrons. The van der Waals surface area contributed by atoms with Gasteiger partial charge in [-0.05, 0) is 32.6 Å². The number of hydrogen-bond donors (Lipinski definition) is 1. The summed E-state index contributed by atoms with van der Waals surface area (Å²) in [7, 11) is 4.06. The number of rotatable bonds is 6. The maximum atomic E-state index is 5.59. The molecule has 0 aliphatic heterocycles. The van der Waals surface area contributed by atoms with Crippen LogP contribution in [0.3, 0.4) is 0 Å². The van der Waals surface area contributed by atoms with E-state index in [2.05, 4.69) is 9.88 Å². The predicted octanol–water partition coefficient (Wildman–Crippen LogP) is 1.05. The Hall–Kier alpha value is -1.20. The van der Waals surface area contributed by atoms with Gasteiger partial charge in [0, 0.05) is 12.7 Å². The maximum Gasteiger partial charge on any atom is 0.147 e. The minimum Gasteiger partial charge on any atom is -0.491 e. The highest BCUT2D eigenvalue weighted by atomic mass is 32.1. The SMILES string of the molecule is CN(C)CCCOc1cccnc1C(N)=S. The molecule has 4 nitrogen and oxygen atoms in total. The van der Waals surface area contributed by atoms with Crippen molar-refractivity contribution in [1.29, 1.82) is 0 Å². The first-order chi connectivity index (χ1) is 7.61. The highest BCUT2D eigenvalue weighted by Crippen LogP contribution is 2.15. The quantitative estimate of drug-likeness (QED) is 0.594.